The molecule has 0 amide bonds. The van der Waals surface area contributed by atoms with E-state index in [-0.39, 0.29) is 56.0 Å². The maximum absolute atomic E-state index is 13.2. The summed E-state index contributed by atoms with van der Waals surface area (Å²) in [5.74, 6) is -3.03. The molecule has 0 aromatic heterocycles. The van der Waals surface area contributed by atoms with Crippen LogP contribution in [0.3, 0.4) is 0 Å². The minimum Gasteiger partial charge on any atom is -0.459 e. The van der Waals surface area contributed by atoms with Crippen molar-refractivity contribution >= 4 is 23.9 Å². The molecule has 292 valence electrons. The van der Waals surface area contributed by atoms with E-state index in [1.54, 1.807) is 6.92 Å². The van der Waals surface area contributed by atoms with E-state index in [4.69, 9.17) is 28.4 Å². The van der Waals surface area contributed by atoms with Crippen molar-refractivity contribution in [2.45, 2.75) is 199 Å². The first-order chi connectivity index (χ1) is 24.1. The van der Waals surface area contributed by atoms with Crippen LogP contribution >= 0.6 is 0 Å². The molecule has 4 rings (SSSR count). The van der Waals surface area contributed by atoms with Gasteiger partial charge in [-0.25, -0.2) is 0 Å². The summed E-state index contributed by atoms with van der Waals surface area (Å²) in [6.07, 6.45) is 9.95. The zero-order valence-electron chi connectivity index (χ0n) is 32.5. The van der Waals surface area contributed by atoms with Crippen LogP contribution in [0.4, 0.5) is 0 Å². The lowest BCUT2D eigenvalue weighted by atomic mass is 9.56. The highest BCUT2D eigenvalue weighted by Gasteiger charge is 2.76. The van der Waals surface area contributed by atoms with Crippen LogP contribution in [0.5, 0.6) is 0 Å². The number of rotatable bonds is 17. The Balaban J connectivity index is 1.52. The summed E-state index contributed by atoms with van der Waals surface area (Å²) in [6, 6.07) is 0. The van der Waals surface area contributed by atoms with Gasteiger partial charge in [-0.2, -0.15) is 0 Å². The highest BCUT2D eigenvalue weighted by molar-refractivity contribution is 5.70. The van der Waals surface area contributed by atoms with E-state index in [0.717, 1.165) is 19.3 Å². The number of hydrogen-bond donors (Lipinski definition) is 1. The van der Waals surface area contributed by atoms with Crippen LogP contribution in [0.25, 0.3) is 0 Å². The molecular formula is C40H66O11. The Labute approximate surface area is 305 Å². The third-order valence-electron chi connectivity index (χ3n) is 11.9. The minimum atomic E-state index is -1.49. The number of aliphatic hydroxyl groups is 1. The smallest absolute Gasteiger partial charge is 0.306 e. The van der Waals surface area contributed by atoms with Crippen molar-refractivity contribution in [1.29, 1.82) is 0 Å². The lowest BCUT2D eigenvalue weighted by molar-refractivity contribution is -0.208. The molecule has 0 radical (unpaired) electrons. The zero-order chi connectivity index (χ0) is 37.6. The van der Waals surface area contributed by atoms with Crippen molar-refractivity contribution in [3.05, 3.63) is 0 Å². The number of carbonyl (C=O) groups is 4. The molecule has 4 fully saturated rings. The van der Waals surface area contributed by atoms with E-state index in [1.165, 1.54) is 72.1 Å². The molecule has 11 heteroatoms. The van der Waals surface area contributed by atoms with Crippen LogP contribution in [0, 0.1) is 23.7 Å². The van der Waals surface area contributed by atoms with Crippen molar-refractivity contribution in [2.24, 2.45) is 23.7 Å². The van der Waals surface area contributed by atoms with Gasteiger partial charge in [0.15, 0.2) is 6.10 Å². The summed E-state index contributed by atoms with van der Waals surface area (Å²) >= 11 is 0. The predicted octanol–water partition coefficient (Wildman–Crippen LogP) is 6.77. The first-order valence-corrected chi connectivity index (χ1v) is 19.8. The number of epoxide rings is 1. The molecule has 1 aliphatic carbocycles. The molecule has 3 heterocycles. The van der Waals surface area contributed by atoms with E-state index in [0.29, 0.717) is 0 Å². The van der Waals surface area contributed by atoms with Crippen molar-refractivity contribution in [1.82, 2.24) is 0 Å². The molecule has 3 saturated heterocycles. The molecule has 1 spiro atoms. The molecule has 0 aromatic rings. The van der Waals surface area contributed by atoms with Crippen LogP contribution in [0.15, 0.2) is 0 Å². The predicted molar refractivity (Wildman–Crippen MR) is 189 cm³/mol. The van der Waals surface area contributed by atoms with Gasteiger partial charge in [0, 0.05) is 51.4 Å². The molecule has 1 N–H and O–H groups in total. The summed E-state index contributed by atoms with van der Waals surface area (Å²) < 4.78 is 37.2. The Morgan fingerprint density at radius 1 is 0.824 bits per heavy atom. The second kappa shape index (κ2) is 17.7. The molecule has 3 aliphatic heterocycles. The number of hydrogen-bond acceptors (Lipinski definition) is 11. The van der Waals surface area contributed by atoms with Gasteiger partial charge in [-0.15, -0.1) is 0 Å². The van der Waals surface area contributed by atoms with Gasteiger partial charge < -0.3 is 33.5 Å². The van der Waals surface area contributed by atoms with Crippen LogP contribution in [-0.2, 0) is 47.6 Å². The van der Waals surface area contributed by atoms with Gasteiger partial charge in [-0.3, -0.25) is 19.2 Å². The Kier molecular flexibility index (Phi) is 14.4. The third kappa shape index (κ3) is 10.0. The van der Waals surface area contributed by atoms with Crippen molar-refractivity contribution < 1.29 is 52.7 Å². The lowest BCUT2D eigenvalue weighted by Crippen LogP contribution is -2.65. The number of carbonyl (C=O) groups excluding carboxylic acids is 4. The third-order valence-corrected chi connectivity index (χ3v) is 11.9. The monoisotopic (exact) mass is 722 g/mol. The standard InChI is InChI=1S/C40H66O11/c1-9-10-11-12-13-14-15-16-17-18-19-20-31(44)50-30-21-22-39(8,51-28(6)43)36-33-32(25(2)3)35(47-26(4)41)37(48-27(5)42)40(24-46-40)34(33)29(49-36)23-38(30,7)45/h25,29-30,32-37,45H,9-24H2,1-8H3/t29-,30+,32-,33-,34-,35+,36-,37+,38+,39-,40-/m1/s1. The Hall–Kier alpha value is -2.24. The number of unbranched alkanes of at least 4 members (excludes halogenated alkanes) is 10. The van der Waals surface area contributed by atoms with E-state index in [9.17, 15) is 24.3 Å². The molecule has 11 nitrogen and oxygen atoms in total. The second-order valence-corrected chi connectivity index (χ2v) is 16.6. The molecule has 1 saturated carbocycles. The Morgan fingerprint density at radius 3 is 1.90 bits per heavy atom. The summed E-state index contributed by atoms with van der Waals surface area (Å²) in [6.45, 7) is 14.0. The van der Waals surface area contributed by atoms with Crippen LogP contribution in [0.1, 0.15) is 152 Å². The number of esters is 4. The van der Waals surface area contributed by atoms with Gasteiger partial charge in [0.1, 0.15) is 35.1 Å². The second-order valence-electron chi connectivity index (χ2n) is 16.6. The lowest BCUT2D eigenvalue weighted by Gasteiger charge is -2.52. The zero-order valence-corrected chi connectivity index (χ0v) is 32.5. The highest BCUT2D eigenvalue weighted by atomic mass is 16.7. The summed E-state index contributed by atoms with van der Waals surface area (Å²) in [5.41, 5.74) is -3.71. The van der Waals surface area contributed by atoms with Crippen LogP contribution < -0.4 is 0 Å². The van der Waals surface area contributed by atoms with Crippen molar-refractivity contribution in [3.8, 4) is 0 Å². The maximum Gasteiger partial charge on any atom is 0.306 e. The topological polar surface area (TPSA) is 147 Å². The average Bonchev–Trinajstić information content (AvgIpc) is 3.71. The van der Waals surface area contributed by atoms with E-state index in [1.807, 2.05) is 20.8 Å². The molecule has 0 unspecified atom stereocenters. The summed E-state index contributed by atoms with van der Waals surface area (Å²) in [7, 11) is 0. The normalized spacial score (nSPS) is 37.1. The Morgan fingerprint density at radius 2 is 1.39 bits per heavy atom. The largest absolute Gasteiger partial charge is 0.459 e. The molecule has 2 bridgehead atoms. The number of ether oxygens (including phenoxy) is 6. The SMILES string of the molecule is CCCCCCCCCCCCCC(=O)O[C@H]1CC[C@@](C)(OC(C)=O)[C@@H]2O[C@H](C[C@]1(C)O)[C@@H]1[C@H]2[C@@H](C(C)C)[C@H](OC(C)=O)[C@H](OC(C)=O)[C@@]12CO2. The summed E-state index contributed by atoms with van der Waals surface area (Å²) in [4.78, 5) is 50.9. The van der Waals surface area contributed by atoms with Gasteiger partial charge in [0.25, 0.3) is 0 Å². The fourth-order valence-corrected chi connectivity index (χ4v) is 9.62. The minimum absolute atomic E-state index is 0.0601. The Bertz CT molecular complexity index is 1190. The van der Waals surface area contributed by atoms with E-state index >= 15 is 0 Å². The van der Waals surface area contributed by atoms with Crippen molar-refractivity contribution in [2.75, 3.05) is 6.61 Å². The number of fused-ring (bicyclic) bond motifs is 6. The summed E-state index contributed by atoms with van der Waals surface area (Å²) in [5, 5.41) is 12.1. The molecule has 0 aromatic carbocycles. The quantitative estimate of drug-likeness (QED) is 0.0734. The molecular weight excluding hydrogens is 656 g/mol. The molecule has 11 atom stereocenters. The maximum atomic E-state index is 13.2. The van der Waals surface area contributed by atoms with Crippen LogP contribution in [0.2, 0.25) is 0 Å². The van der Waals surface area contributed by atoms with Crippen LogP contribution in [-0.4, -0.2) is 82.9 Å². The first-order valence-electron chi connectivity index (χ1n) is 19.8. The van der Waals surface area contributed by atoms with E-state index in [2.05, 4.69) is 6.92 Å². The fourth-order valence-electron chi connectivity index (χ4n) is 9.62. The van der Waals surface area contributed by atoms with Gasteiger partial charge in [0.05, 0.1) is 12.7 Å². The van der Waals surface area contributed by atoms with Crippen molar-refractivity contribution in [3.63, 3.8) is 0 Å². The van der Waals surface area contributed by atoms with Gasteiger partial charge >= 0.3 is 23.9 Å². The molecule has 4 aliphatic rings. The van der Waals surface area contributed by atoms with Gasteiger partial charge in [-0.05, 0) is 39.0 Å². The average molecular weight is 723 g/mol. The van der Waals surface area contributed by atoms with Gasteiger partial charge in [0.2, 0.25) is 0 Å². The van der Waals surface area contributed by atoms with Gasteiger partial charge in [-0.1, -0.05) is 85.0 Å². The highest BCUT2D eigenvalue weighted by Crippen LogP contribution is 2.63. The molecule has 51 heavy (non-hydrogen) atoms. The van der Waals surface area contributed by atoms with E-state index < -0.39 is 71.1 Å². The fraction of sp³-hybridized carbons (Fsp3) is 0.900. The first kappa shape index (κ1) is 41.5.